The fourth-order valence-corrected chi connectivity index (χ4v) is 3.95. The molecule has 0 bridgehead atoms. The second kappa shape index (κ2) is 10.2. The summed E-state index contributed by atoms with van der Waals surface area (Å²) >= 11 is 0. The molecule has 0 aliphatic carbocycles. The molecule has 0 saturated carbocycles. The Morgan fingerprint density at radius 3 is 2.43 bits per heavy atom. The van der Waals surface area contributed by atoms with Gasteiger partial charge in [0.05, 0.1) is 18.8 Å². The predicted molar refractivity (Wildman–Crippen MR) is 110 cm³/mol. The lowest BCUT2D eigenvalue weighted by molar-refractivity contribution is 0.569. The minimum atomic E-state index is -3.32. The highest BCUT2D eigenvalue weighted by atomic mass is 32.2. The van der Waals surface area contributed by atoms with E-state index in [1.54, 1.807) is 18.5 Å². The smallest absolute Gasteiger partial charge is 0.216 e. The summed E-state index contributed by atoms with van der Waals surface area (Å²) in [5, 5.41) is 10.5. The van der Waals surface area contributed by atoms with Gasteiger partial charge in [-0.1, -0.05) is 24.3 Å². The normalized spacial score (nSPS) is 12.4. The largest absolute Gasteiger partial charge is 0.357 e. The Labute approximate surface area is 166 Å². The summed E-state index contributed by atoms with van der Waals surface area (Å²) in [7, 11) is -1.48. The van der Waals surface area contributed by atoms with Crippen LogP contribution in [0, 0.1) is 0 Å². The molecule has 0 amide bonds. The molecule has 9 nitrogen and oxygen atoms in total. The molecule has 0 atom stereocenters. The lowest BCUT2D eigenvalue weighted by Gasteiger charge is -2.11. The van der Waals surface area contributed by atoms with Crippen LogP contribution in [0.15, 0.2) is 35.6 Å². The lowest BCUT2D eigenvalue weighted by atomic mass is 10.1. The summed E-state index contributed by atoms with van der Waals surface area (Å²) in [5.74, 6) is 1.46. The van der Waals surface area contributed by atoms with Gasteiger partial charge >= 0.3 is 0 Å². The van der Waals surface area contributed by atoms with Crippen LogP contribution in [-0.2, 0) is 35.9 Å². The third kappa shape index (κ3) is 7.28. The molecule has 2 rings (SSSR count). The molecular formula is C18H29N7O2S. The number of benzene rings is 1. The summed E-state index contributed by atoms with van der Waals surface area (Å²) in [6.45, 7) is 7.34. The quantitative estimate of drug-likeness (QED) is 0.420. The van der Waals surface area contributed by atoms with Crippen LogP contribution in [0.4, 0.5) is 0 Å². The van der Waals surface area contributed by atoms with Gasteiger partial charge in [0, 0.05) is 19.6 Å². The number of guanidine groups is 1. The van der Waals surface area contributed by atoms with Crippen molar-refractivity contribution in [2.45, 2.75) is 45.7 Å². The molecule has 1 aromatic heterocycles. The van der Waals surface area contributed by atoms with E-state index in [-0.39, 0.29) is 11.8 Å². The second-order valence-electron chi connectivity index (χ2n) is 6.70. The maximum atomic E-state index is 12.0. The highest BCUT2D eigenvalue weighted by Gasteiger charge is 2.12. The van der Waals surface area contributed by atoms with Crippen molar-refractivity contribution in [2.24, 2.45) is 12.0 Å². The Hall–Kier alpha value is -2.46. The van der Waals surface area contributed by atoms with Gasteiger partial charge in [-0.15, -0.1) is 0 Å². The first kappa shape index (κ1) is 21.8. The number of nitrogens with one attached hydrogen (secondary N) is 3. The van der Waals surface area contributed by atoms with Gasteiger partial charge in [-0.2, -0.15) is 5.10 Å². The molecule has 0 spiro atoms. The average molecular weight is 408 g/mol. The minimum Gasteiger partial charge on any atom is -0.357 e. The van der Waals surface area contributed by atoms with Crippen LogP contribution in [0.2, 0.25) is 0 Å². The van der Waals surface area contributed by atoms with Crippen LogP contribution in [0.1, 0.15) is 37.7 Å². The van der Waals surface area contributed by atoms with Crippen LogP contribution in [0.25, 0.3) is 0 Å². The van der Waals surface area contributed by atoms with Gasteiger partial charge in [0.25, 0.3) is 0 Å². The van der Waals surface area contributed by atoms with Crippen molar-refractivity contribution >= 4 is 16.0 Å². The molecule has 3 N–H and O–H groups in total. The van der Waals surface area contributed by atoms with Crippen LogP contribution in [0.5, 0.6) is 0 Å². The number of hydrogen-bond acceptors (Lipinski definition) is 5. The van der Waals surface area contributed by atoms with E-state index in [0.29, 0.717) is 19.0 Å². The molecule has 10 heteroatoms. The number of hydrogen-bond donors (Lipinski definition) is 3. The molecular weight excluding hydrogens is 378 g/mol. The zero-order valence-corrected chi connectivity index (χ0v) is 17.6. The predicted octanol–water partition coefficient (Wildman–Crippen LogP) is 0.898. The summed E-state index contributed by atoms with van der Waals surface area (Å²) < 4.78 is 28.3. The third-order valence-corrected chi connectivity index (χ3v) is 5.32. The monoisotopic (exact) mass is 407 g/mol. The van der Waals surface area contributed by atoms with Crippen molar-refractivity contribution in [2.75, 3.05) is 6.54 Å². The number of aliphatic imine (C=N–C) groups is 1. The maximum absolute atomic E-state index is 12.0. The highest BCUT2D eigenvalue weighted by Crippen LogP contribution is 2.09. The van der Waals surface area contributed by atoms with Crippen molar-refractivity contribution < 1.29 is 8.42 Å². The molecule has 0 fully saturated rings. The zero-order chi connectivity index (χ0) is 20.6. The van der Waals surface area contributed by atoms with Crippen LogP contribution < -0.4 is 15.4 Å². The van der Waals surface area contributed by atoms with Crippen LogP contribution in [-0.4, -0.2) is 41.7 Å². The topological polar surface area (TPSA) is 113 Å². The molecule has 0 radical (unpaired) electrons. The number of aromatic nitrogens is 3. The Bertz CT molecular complexity index is 874. The van der Waals surface area contributed by atoms with Gasteiger partial charge in [0.15, 0.2) is 5.96 Å². The molecule has 0 unspecified atom stereocenters. The molecule has 0 saturated heterocycles. The fraction of sp³-hybridized carbons (Fsp3) is 0.500. The van der Waals surface area contributed by atoms with Crippen LogP contribution >= 0.6 is 0 Å². The van der Waals surface area contributed by atoms with E-state index in [1.807, 2.05) is 38.2 Å². The summed E-state index contributed by atoms with van der Waals surface area (Å²) in [6, 6.07) is 7.33. The number of sulfonamides is 1. The fourth-order valence-electron chi connectivity index (χ4n) is 2.52. The summed E-state index contributed by atoms with van der Waals surface area (Å²) in [4.78, 5) is 8.74. The van der Waals surface area contributed by atoms with Gasteiger partial charge in [-0.05, 0) is 31.9 Å². The van der Waals surface area contributed by atoms with E-state index in [1.165, 1.54) is 6.33 Å². The van der Waals surface area contributed by atoms with E-state index < -0.39 is 10.0 Å². The average Bonchev–Trinajstić information content (AvgIpc) is 3.02. The number of nitrogens with zero attached hydrogens (tertiary/aromatic N) is 4. The van der Waals surface area contributed by atoms with E-state index in [2.05, 4.69) is 30.4 Å². The molecule has 1 heterocycles. The second-order valence-corrected chi connectivity index (χ2v) is 8.45. The molecule has 28 heavy (non-hydrogen) atoms. The van der Waals surface area contributed by atoms with Crippen molar-refractivity contribution in [3.05, 3.63) is 47.5 Å². The SMILES string of the molecule is CCNC(=NCc1ccc(CS(=O)(=O)NC(C)C)cc1)NCc1ncnn1C. The molecule has 154 valence electrons. The summed E-state index contributed by atoms with van der Waals surface area (Å²) in [6.07, 6.45) is 1.51. The minimum absolute atomic E-state index is 0.0311. The number of rotatable bonds is 9. The maximum Gasteiger partial charge on any atom is 0.216 e. The van der Waals surface area contributed by atoms with Crippen molar-refractivity contribution in [3.63, 3.8) is 0 Å². The molecule has 0 aliphatic rings. The van der Waals surface area contributed by atoms with Gasteiger partial charge in [-0.3, -0.25) is 4.68 Å². The van der Waals surface area contributed by atoms with Gasteiger partial charge in [0.2, 0.25) is 10.0 Å². The first-order chi connectivity index (χ1) is 13.3. The Kier molecular flexibility index (Phi) is 7.94. The standard InChI is InChI=1S/C18H29N7O2S/c1-5-19-18(21-11-17-22-13-23-25(17)4)20-10-15-6-8-16(9-7-15)12-28(26,27)24-14(2)3/h6-9,13-14,24H,5,10-12H2,1-4H3,(H2,19,20,21). The Morgan fingerprint density at radius 1 is 1.18 bits per heavy atom. The number of aryl methyl sites for hydroxylation is 1. The highest BCUT2D eigenvalue weighted by molar-refractivity contribution is 7.88. The first-order valence-corrected chi connectivity index (χ1v) is 10.9. The molecule has 1 aromatic carbocycles. The van der Waals surface area contributed by atoms with E-state index in [0.717, 1.165) is 23.5 Å². The zero-order valence-electron chi connectivity index (χ0n) is 16.8. The van der Waals surface area contributed by atoms with Gasteiger partial charge < -0.3 is 10.6 Å². The molecule has 0 aliphatic heterocycles. The third-order valence-electron chi connectivity index (χ3n) is 3.78. The van der Waals surface area contributed by atoms with Crippen molar-refractivity contribution in [3.8, 4) is 0 Å². The Morgan fingerprint density at radius 2 is 1.86 bits per heavy atom. The van der Waals surface area contributed by atoms with Crippen molar-refractivity contribution in [1.82, 2.24) is 30.1 Å². The lowest BCUT2D eigenvalue weighted by Crippen LogP contribution is -2.37. The first-order valence-electron chi connectivity index (χ1n) is 9.22. The van der Waals surface area contributed by atoms with Crippen molar-refractivity contribution in [1.29, 1.82) is 0 Å². The summed E-state index contributed by atoms with van der Waals surface area (Å²) in [5.41, 5.74) is 1.74. The Balaban J connectivity index is 1.95. The van der Waals surface area contributed by atoms with E-state index in [4.69, 9.17) is 0 Å². The van der Waals surface area contributed by atoms with E-state index >= 15 is 0 Å². The molecule has 2 aromatic rings. The van der Waals surface area contributed by atoms with Crippen LogP contribution in [0.3, 0.4) is 0 Å². The van der Waals surface area contributed by atoms with Gasteiger partial charge in [0.1, 0.15) is 12.2 Å². The van der Waals surface area contributed by atoms with Gasteiger partial charge in [-0.25, -0.2) is 23.1 Å². The van der Waals surface area contributed by atoms with E-state index in [9.17, 15) is 8.42 Å².